The van der Waals surface area contributed by atoms with Crippen LogP contribution < -0.4 is 16.0 Å². The standard InChI is InChI=1S/C21H12N2O6S2/c24-19-8-5-13-9-14(6-7-18(13)28-19)31(26,27)23-21-22-16(11-30-21)15-10-12-3-1-2-4-17(12)29-20(15)25/h1-11H,(H,22,23). The van der Waals surface area contributed by atoms with Gasteiger partial charge in [-0.3, -0.25) is 4.72 Å². The van der Waals surface area contributed by atoms with Gasteiger partial charge in [-0.1, -0.05) is 18.2 Å². The first kappa shape index (κ1) is 19.2. The van der Waals surface area contributed by atoms with Crippen molar-refractivity contribution in [3.63, 3.8) is 0 Å². The maximum Gasteiger partial charge on any atom is 0.345 e. The zero-order valence-corrected chi connectivity index (χ0v) is 17.2. The van der Waals surface area contributed by atoms with Gasteiger partial charge >= 0.3 is 11.3 Å². The van der Waals surface area contributed by atoms with Gasteiger partial charge in [-0.15, -0.1) is 11.3 Å². The second kappa shape index (κ2) is 7.18. The predicted molar refractivity (Wildman–Crippen MR) is 117 cm³/mol. The lowest BCUT2D eigenvalue weighted by Crippen LogP contribution is -2.13. The molecule has 0 unspecified atom stereocenters. The summed E-state index contributed by atoms with van der Waals surface area (Å²) in [4.78, 5) is 27.8. The lowest BCUT2D eigenvalue weighted by Gasteiger charge is -2.06. The first-order valence-corrected chi connectivity index (χ1v) is 11.3. The summed E-state index contributed by atoms with van der Waals surface area (Å²) in [7, 11) is -3.95. The van der Waals surface area contributed by atoms with E-state index in [-0.39, 0.29) is 21.2 Å². The molecule has 0 atom stereocenters. The van der Waals surface area contributed by atoms with Crippen LogP contribution in [-0.4, -0.2) is 13.4 Å². The molecule has 5 aromatic rings. The topological polar surface area (TPSA) is 119 Å². The summed E-state index contributed by atoms with van der Waals surface area (Å²) in [6.07, 6.45) is 0. The zero-order valence-electron chi connectivity index (χ0n) is 15.6. The molecule has 10 heteroatoms. The van der Waals surface area contributed by atoms with Crippen molar-refractivity contribution in [3.05, 3.63) is 86.9 Å². The number of anilines is 1. The second-order valence-electron chi connectivity index (χ2n) is 6.58. The molecule has 0 saturated heterocycles. The molecule has 0 bridgehead atoms. The molecule has 0 amide bonds. The number of rotatable bonds is 4. The third-order valence-electron chi connectivity index (χ3n) is 4.54. The van der Waals surface area contributed by atoms with Gasteiger partial charge in [-0.05, 0) is 36.4 Å². The van der Waals surface area contributed by atoms with E-state index < -0.39 is 21.3 Å². The Kier molecular flexibility index (Phi) is 4.45. The van der Waals surface area contributed by atoms with Crippen molar-refractivity contribution in [1.29, 1.82) is 0 Å². The number of nitrogens with zero attached hydrogens (tertiary/aromatic N) is 1. The molecular formula is C21H12N2O6S2. The van der Waals surface area contributed by atoms with Gasteiger partial charge in [0.1, 0.15) is 11.2 Å². The molecule has 5 rings (SSSR count). The SMILES string of the molecule is O=c1ccc2cc(S(=O)(=O)Nc3nc(-c4cc5ccccc5oc4=O)cs3)ccc2o1. The van der Waals surface area contributed by atoms with Gasteiger partial charge in [-0.25, -0.2) is 23.0 Å². The Morgan fingerprint density at radius 1 is 0.871 bits per heavy atom. The number of hydrogen-bond acceptors (Lipinski definition) is 8. The summed E-state index contributed by atoms with van der Waals surface area (Å²) in [5.74, 6) is 0. The monoisotopic (exact) mass is 452 g/mol. The fourth-order valence-electron chi connectivity index (χ4n) is 3.08. The largest absolute Gasteiger partial charge is 0.423 e. The Hall–Kier alpha value is -3.76. The highest BCUT2D eigenvalue weighted by Crippen LogP contribution is 2.27. The molecular weight excluding hydrogens is 440 g/mol. The van der Waals surface area contributed by atoms with E-state index in [1.165, 1.54) is 30.3 Å². The molecule has 3 heterocycles. The molecule has 0 aliphatic heterocycles. The van der Waals surface area contributed by atoms with Crippen LogP contribution in [-0.2, 0) is 10.0 Å². The minimum Gasteiger partial charge on any atom is -0.423 e. The van der Waals surface area contributed by atoms with Gasteiger partial charge in [0.05, 0.1) is 16.2 Å². The molecule has 3 aromatic heterocycles. The minimum absolute atomic E-state index is 0.0178. The Morgan fingerprint density at radius 3 is 2.52 bits per heavy atom. The van der Waals surface area contributed by atoms with Crippen LogP contribution in [0.15, 0.2) is 89.4 Å². The summed E-state index contributed by atoms with van der Waals surface area (Å²) in [5.41, 5.74) is 0.207. The maximum atomic E-state index is 12.8. The lowest BCUT2D eigenvalue weighted by molar-refractivity contribution is 0.560. The van der Waals surface area contributed by atoms with Crippen molar-refractivity contribution < 1.29 is 17.3 Å². The van der Waals surface area contributed by atoms with Crippen molar-refractivity contribution in [2.24, 2.45) is 0 Å². The molecule has 8 nitrogen and oxygen atoms in total. The molecule has 0 fully saturated rings. The van der Waals surface area contributed by atoms with E-state index in [1.54, 1.807) is 29.6 Å². The number of nitrogens with one attached hydrogen (secondary N) is 1. The molecule has 0 aliphatic carbocycles. The predicted octanol–water partition coefficient (Wildman–Crippen LogP) is 3.82. The maximum absolute atomic E-state index is 12.8. The van der Waals surface area contributed by atoms with Crippen LogP contribution >= 0.6 is 11.3 Å². The summed E-state index contributed by atoms with van der Waals surface area (Å²) in [5, 5.41) is 2.88. The summed E-state index contributed by atoms with van der Waals surface area (Å²) < 4.78 is 38.3. The van der Waals surface area contributed by atoms with Crippen molar-refractivity contribution in [3.8, 4) is 11.3 Å². The average molecular weight is 452 g/mol. The summed E-state index contributed by atoms with van der Waals surface area (Å²) in [6, 6.07) is 15.6. The molecule has 1 N–H and O–H groups in total. The van der Waals surface area contributed by atoms with E-state index in [4.69, 9.17) is 8.83 Å². The molecule has 2 aromatic carbocycles. The number of fused-ring (bicyclic) bond motifs is 2. The smallest absolute Gasteiger partial charge is 0.345 e. The number of aromatic nitrogens is 1. The van der Waals surface area contributed by atoms with E-state index in [0.717, 1.165) is 16.7 Å². The molecule has 0 aliphatic rings. The zero-order chi connectivity index (χ0) is 21.6. The van der Waals surface area contributed by atoms with E-state index in [0.29, 0.717) is 16.7 Å². The normalized spacial score (nSPS) is 11.7. The van der Waals surface area contributed by atoms with Crippen LogP contribution in [0.25, 0.3) is 33.2 Å². The third-order valence-corrected chi connectivity index (χ3v) is 6.77. The van der Waals surface area contributed by atoms with Crippen molar-refractivity contribution >= 4 is 48.4 Å². The molecule has 154 valence electrons. The number of thiazole rings is 1. The van der Waals surface area contributed by atoms with Crippen LogP contribution in [0.1, 0.15) is 0 Å². The van der Waals surface area contributed by atoms with Gasteiger partial charge in [0, 0.05) is 22.2 Å². The van der Waals surface area contributed by atoms with Crippen LogP contribution in [0, 0.1) is 0 Å². The third kappa shape index (κ3) is 3.62. The van der Waals surface area contributed by atoms with Gasteiger partial charge in [0.15, 0.2) is 5.13 Å². The number of sulfonamides is 1. The van der Waals surface area contributed by atoms with Crippen LogP contribution in [0.3, 0.4) is 0 Å². The van der Waals surface area contributed by atoms with Gasteiger partial charge in [0.25, 0.3) is 10.0 Å². The molecule has 0 spiro atoms. The number of benzene rings is 2. The van der Waals surface area contributed by atoms with E-state index in [9.17, 15) is 18.0 Å². The molecule has 0 saturated carbocycles. The Bertz CT molecular complexity index is 1680. The van der Waals surface area contributed by atoms with E-state index in [1.807, 2.05) is 6.07 Å². The van der Waals surface area contributed by atoms with Crippen LogP contribution in [0.4, 0.5) is 5.13 Å². The first-order chi connectivity index (χ1) is 14.9. The molecule has 0 radical (unpaired) electrons. The summed E-state index contributed by atoms with van der Waals surface area (Å²) >= 11 is 1.04. The van der Waals surface area contributed by atoms with Crippen molar-refractivity contribution in [1.82, 2.24) is 4.98 Å². The van der Waals surface area contributed by atoms with E-state index >= 15 is 0 Å². The highest BCUT2D eigenvalue weighted by Gasteiger charge is 2.18. The minimum atomic E-state index is -3.95. The Labute approximate surface area is 178 Å². The number of hydrogen-bond donors (Lipinski definition) is 1. The fraction of sp³-hybridized carbons (Fsp3) is 0. The summed E-state index contributed by atoms with van der Waals surface area (Å²) in [6.45, 7) is 0. The number of para-hydroxylation sites is 1. The molecule has 31 heavy (non-hydrogen) atoms. The van der Waals surface area contributed by atoms with Gasteiger partial charge in [-0.2, -0.15) is 0 Å². The fourth-order valence-corrected chi connectivity index (χ4v) is 5.07. The first-order valence-electron chi connectivity index (χ1n) is 8.95. The highest BCUT2D eigenvalue weighted by molar-refractivity contribution is 7.93. The second-order valence-corrected chi connectivity index (χ2v) is 9.12. The van der Waals surface area contributed by atoms with Crippen molar-refractivity contribution in [2.75, 3.05) is 4.72 Å². The lowest BCUT2D eigenvalue weighted by atomic mass is 10.1. The van der Waals surface area contributed by atoms with Crippen LogP contribution in [0.5, 0.6) is 0 Å². The quantitative estimate of drug-likeness (QED) is 0.412. The highest BCUT2D eigenvalue weighted by atomic mass is 32.2. The Balaban J connectivity index is 1.48. The average Bonchev–Trinajstić information content (AvgIpc) is 3.20. The van der Waals surface area contributed by atoms with Crippen molar-refractivity contribution in [2.45, 2.75) is 4.90 Å². The van der Waals surface area contributed by atoms with Gasteiger partial charge in [0.2, 0.25) is 0 Å². The van der Waals surface area contributed by atoms with E-state index in [2.05, 4.69) is 9.71 Å². The van der Waals surface area contributed by atoms with Gasteiger partial charge < -0.3 is 8.83 Å². The Morgan fingerprint density at radius 2 is 1.65 bits per heavy atom. The van der Waals surface area contributed by atoms with Crippen LogP contribution in [0.2, 0.25) is 0 Å².